The Morgan fingerprint density at radius 2 is 1.56 bits per heavy atom. The van der Waals surface area contributed by atoms with Gasteiger partial charge in [0, 0.05) is 11.3 Å². The number of fused-ring (bicyclic) bond motifs is 1. The Hall–Kier alpha value is -4.20. The van der Waals surface area contributed by atoms with Crippen LogP contribution in [0.5, 0.6) is 0 Å². The zero-order valence-corrected chi connectivity index (χ0v) is 19.1. The maximum atomic E-state index is 12.8. The molecule has 172 valence electrons. The van der Waals surface area contributed by atoms with E-state index in [9.17, 15) is 9.59 Å². The van der Waals surface area contributed by atoms with Crippen molar-refractivity contribution in [2.45, 2.75) is 33.1 Å². The maximum Gasteiger partial charge on any atom is 0.359 e. The summed E-state index contributed by atoms with van der Waals surface area (Å²) >= 11 is 0. The predicted octanol–water partition coefficient (Wildman–Crippen LogP) is 3.96. The molecule has 5 rings (SSSR count). The largest absolute Gasteiger partial charge is 0.451 e. The van der Waals surface area contributed by atoms with Gasteiger partial charge in [-0.1, -0.05) is 36.4 Å². The number of rotatable bonds is 6. The first-order valence-corrected chi connectivity index (χ1v) is 11.3. The third-order valence-corrected chi connectivity index (χ3v) is 6.02. The molecule has 0 bridgehead atoms. The monoisotopic (exact) mass is 455 g/mol. The summed E-state index contributed by atoms with van der Waals surface area (Å²) in [4.78, 5) is 25.4. The van der Waals surface area contributed by atoms with E-state index in [0.717, 1.165) is 47.6 Å². The number of ether oxygens (including phenoxy) is 1. The van der Waals surface area contributed by atoms with Crippen LogP contribution in [-0.4, -0.2) is 38.0 Å². The van der Waals surface area contributed by atoms with Crippen molar-refractivity contribution in [1.29, 1.82) is 0 Å². The molecule has 2 aromatic carbocycles. The average Bonchev–Trinajstić information content (AvgIpc) is 3.54. The van der Waals surface area contributed by atoms with Crippen molar-refractivity contribution >= 4 is 17.6 Å². The third kappa shape index (κ3) is 3.98. The Balaban J connectivity index is 1.28. The lowest BCUT2D eigenvalue weighted by Crippen LogP contribution is -2.22. The number of carbonyl (C=O) groups is 2. The van der Waals surface area contributed by atoms with Gasteiger partial charge in [-0.2, -0.15) is 10.2 Å². The van der Waals surface area contributed by atoms with E-state index >= 15 is 0 Å². The Labute approximate surface area is 197 Å². The number of para-hydroxylation sites is 2. The first kappa shape index (κ1) is 21.6. The lowest BCUT2D eigenvalue weighted by molar-refractivity contribution is -0.119. The number of nitrogens with one attached hydrogen (secondary N) is 1. The van der Waals surface area contributed by atoms with Crippen LogP contribution in [0.3, 0.4) is 0 Å². The Morgan fingerprint density at radius 3 is 2.24 bits per heavy atom. The molecule has 1 amide bonds. The highest BCUT2D eigenvalue weighted by Crippen LogP contribution is 2.28. The van der Waals surface area contributed by atoms with E-state index in [1.54, 1.807) is 4.68 Å². The number of aryl methyl sites for hydroxylation is 1. The van der Waals surface area contributed by atoms with Crippen molar-refractivity contribution in [2.24, 2.45) is 0 Å². The summed E-state index contributed by atoms with van der Waals surface area (Å²) in [5.41, 5.74) is 6.11. The van der Waals surface area contributed by atoms with E-state index in [4.69, 9.17) is 4.74 Å². The minimum Gasteiger partial charge on any atom is -0.451 e. The Kier molecular flexibility index (Phi) is 5.71. The van der Waals surface area contributed by atoms with Gasteiger partial charge in [0.05, 0.1) is 28.5 Å². The van der Waals surface area contributed by atoms with Crippen molar-refractivity contribution in [3.8, 4) is 11.4 Å². The van der Waals surface area contributed by atoms with Gasteiger partial charge in [-0.05, 0) is 57.4 Å². The lowest BCUT2D eigenvalue weighted by atomic mass is 10.2. The molecule has 0 saturated carbocycles. The van der Waals surface area contributed by atoms with Gasteiger partial charge < -0.3 is 10.1 Å². The predicted molar refractivity (Wildman–Crippen MR) is 128 cm³/mol. The molecule has 8 nitrogen and oxygen atoms in total. The number of aromatic nitrogens is 4. The molecule has 0 radical (unpaired) electrons. The molecule has 8 heteroatoms. The smallest absolute Gasteiger partial charge is 0.359 e. The fourth-order valence-electron chi connectivity index (χ4n) is 4.40. The molecule has 0 aliphatic heterocycles. The number of hydrogen-bond donors (Lipinski definition) is 1. The Morgan fingerprint density at radius 1 is 0.912 bits per heavy atom. The fraction of sp³-hybridized carbons (Fsp3) is 0.231. The average molecular weight is 456 g/mol. The molecule has 34 heavy (non-hydrogen) atoms. The molecule has 1 N–H and O–H groups in total. The molecule has 0 fully saturated rings. The van der Waals surface area contributed by atoms with Crippen molar-refractivity contribution < 1.29 is 14.3 Å². The molecular formula is C26H25N5O3. The first-order chi connectivity index (χ1) is 16.5. The molecule has 0 atom stereocenters. The van der Waals surface area contributed by atoms with Crippen LogP contribution in [0.2, 0.25) is 0 Å². The van der Waals surface area contributed by atoms with Crippen molar-refractivity contribution in [1.82, 2.24) is 19.6 Å². The lowest BCUT2D eigenvalue weighted by Gasteiger charge is -2.08. The summed E-state index contributed by atoms with van der Waals surface area (Å²) in [5, 5.41) is 11.9. The molecular weight excluding hydrogens is 430 g/mol. The second-order valence-electron chi connectivity index (χ2n) is 8.29. The molecule has 1 aliphatic carbocycles. The molecule has 0 spiro atoms. The van der Waals surface area contributed by atoms with E-state index in [2.05, 4.69) is 15.5 Å². The van der Waals surface area contributed by atoms with E-state index in [1.807, 2.05) is 79.2 Å². The summed E-state index contributed by atoms with van der Waals surface area (Å²) in [7, 11) is 0. The molecule has 2 aromatic heterocycles. The van der Waals surface area contributed by atoms with Gasteiger partial charge in [0.15, 0.2) is 12.3 Å². The van der Waals surface area contributed by atoms with Crippen LogP contribution in [0.15, 0.2) is 60.7 Å². The molecule has 0 unspecified atom stereocenters. The van der Waals surface area contributed by atoms with Gasteiger partial charge in [-0.15, -0.1) is 0 Å². The number of anilines is 1. The van der Waals surface area contributed by atoms with E-state index in [0.29, 0.717) is 11.4 Å². The van der Waals surface area contributed by atoms with Crippen LogP contribution in [0.25, 0.3) is 11.4 Å². The van der Waals surface area contributed by atoms with Crippen LogP contribution < -0.4 is 5.32 Å². The fourth-order valence-corrected chi connectivity index (χ4v) is 4.40. The highest BCUT2D eigenvalue weighted by atomic mass is 16.5. The van der Waals surface area contributed by atoms with Crippen molar-refractivity contribution in [3.05, 3.63) is 89.0 Å². The second kappa shape index (κ2) is 8.97. The summed E-state index contributed by atoms with van der Waals surface area (Å²) in [6, 6.07) is 19.4. The van der Waals surface area contributed by atoms with E-state index in [1.165, 1.54) is 0 Å². The first-order valence-electron chi connectivity index (χ1n) is 11.3. The number of nitrogens with zero attached hydrogens (tertiary/aromatic N) is 4. The number of benzene rings is 2. The van der Waals surface area contributed by atoms with Crippen LogP contribution in [0, 0.1) is 13.8 Å². The minimum absolute atomic E-state index is 0.286. The molecule has 2 heterocycles. The number of hydrogen-bond acceptors (Lipinski definition) is 5. The third-order valence-electron chi connectivity index (χ3n) is 6.02. The zero-order chi connectivity index (χ0) is 23.7. The topological polar surface area (TPSA) is 91.0 Å². The highest BCUT2D eigenvalue weighted by molar-refractivity contribution is 5.96. The second-order valence-corrected chi connectivity index (χ2v) is 8.29. The molecule has 0 saturated heterocycles. The zero-order valence-electron chi connectivity index (χ0n) is 19.1. The van der Waals surface area contributed by atoms with Crippen LogP contribution >= 0.6 is 0 Å². The van der Waals surface area contributed by atoms with Gasteiger partial charge in [-0.3, -0.25) is 4.79 Å². The van der Waals surface area contributed by atoms with Gasteiger partial charge in [0.2, 0.25) is 0 Å². The van der Waals surface area contributed by atoms with Crippen molar-refractivity contribution in [3.63, 3.8) is 0 Å². The summed E-state index contributed by atoms with van der Waals surface area (Å²) < 4.78 is 8.94. The van der Waals surface area contributed by atoms with Crippen LogP contribution in [0.1, 0.15) is 39.6 Å². The van der Waals surface area contributed by atoms with Gasteiger partial charge in [-0.25, -0.2) is 14.2 Å². The van der Waals surface area contributed by atoms with Gasteiger partial charge in [0.25, 0.3) is 5.91 Å². The van der Waals surface area contributed by atoms with Crippen molar-refractivity contribution in [2.75, 3.05) is 11.9 Å². The SMILES string of the molecule is Cc1nn(-c2ccccc2)c(C)c1NC(=O)COC(=O)c1nn(-c2ccccc2)c2c1CCC2. The number of amides is 1. The number of esters is 1. The Bertz CT molecular complexity index is 1360. The summed E-state index contributed by atoms with van der Waals surface area (Å²) in [6.45, 7) is 3.31. The summed E-state index contributed by atoms with van der Waals surface area (Å²) in [5.74, 6) is -1.01. The number of carbonyl (C=O) groups excluding carboxylic acids is 2. The van der Waals surface area contributed by atoms with E-state index in [-0.39, 0.29) is 5.69 Å². The summed E-state index contributed by atoms with van der Waals surface area (Å²) in [6.07, 6.45) is 2.59. The maximum absolute atomic E-state index is 12.8. The quantitative estimate of drug-likeness (QED) is 0.445. The normalized spacial score (nSPS) is 12.4. The highest BCUT2D eigenvalue weighted by Gasteiger charge is 2.28. The van der Waals surface area contributed by atoms with Gasteiger partial charge in [0.1, 0.15) is 0 Å². The van der Waals surface area contributed by atoms with Crippen LogP contribution in [-0.2, 0) is 22.4 Å². The van der Waals surface area contributed by atoms with Gasteiger partial charge >= 0.3 is 5.97 Å². The minimum atomic E-state index is -0.587. The van der Waals surface area contributed by atoms with E-state index < -0.39 is 18.5 Å². The molecule has 1 aliphatic rings. The molecule has 4 aromatic rings. The standard InChI is InChI=1S/C26H25N5O3/c1-17-24(18(2)30(28-17)19-10-5-3-6-11-19)27-23(32)16-34-26(33)25-21-14-9-15-22(21)31(29-25)20-12-7-4-8-13-20/h3-8,10-13H,9,14-16H2,1-2H3,(H,27,32). The van der Waals surface area contributed by atoms with Crippen LogP contribution in [0.4, 0.5) is 5.69 Å².